The second kappa shape index (κ2) is 5.34. The van der Waals surface area contributed by atoms with Crippen molar-refractivity contribution in [1.29, 1.82) is 0 Å². The number of hydrogen-bond acceptors (Lipinski definition) is 4. The molecule has 0 fully saturated rings. The highest BCUT2D eigenvalue weighted by molar-refractivity contribution is 6.32. The molecule has 1 unspecified atom stereocenters. The molecule has 0 aliphatic heterocycles. The van der Waals surface area contributed by atoms with Crippen LogP contribution in [0.1, 0.15) is 31.4 Å². The zero-order chi connectivity index (χ0) is 12.1. The van der Waals surface area contributed by atoms with E-state index >= 15 is 0 Å². The lowest BCUT2D eigenvalue weighted by Gasteiger charge is -2.10. The van der Waals surface area contributed by atoms with Crippen LogP contribution in [0.2, 0.25) is 0 Å². The lowest BCUT2D eigenvalue weighted by atomic mass is 10.2. The average molecular weight is 225 g/mol. The van der Waals surface area contributed by atoms with Gasteiger partial charge in [-0.3, -0.25) is 4.79 Å². The Hall–Kier alpha value is -1.78. The Morgan fingerprint density at radius 2 is 2.19 bits per heavy atom. The van der Waals surface area contributed by atoms with Crippen LogP contribution in [-0.4, -0.2) is 18.5 Å². The number of carbonyl (C=O) groups excluding carboxylic acids is 2. The van der Waals surface area contributed by atoms with Crippen molar-refractivity contribution in [1.82, 2.24) is 5.32 Å². The van der Waals surface area contributed by atoms with E-state index < -0.39 is 11.9 Å². The van der Waals surface area contributed by atoms with Gasteiger partial charge in [0.15, 0.2) is 0 Å². The fourth-order valence-corrected chi connectivity index (χ4v) is 1.21. The fourth-order valence-electron chi connectivity index (χ4n) is 1.21. The zero-order valence-electron chi connectivity index (χ0n) is 9.57. The normalized spacial score (nSPS) is 11.9. The minimum atomic E-state index is -0.877. The molecule has 5 heteroatoms. The Morgan fingerprint density at radius 3 is 2.69 bits per heavy atom. The standard InChI is InChI=1S/C11H15NO4/c1-4-15-11(14)10(13)12-8(3)9-6-5-7(2)16-9/h5-6,8H,4H2,1-3H3,(H,12,13). The molecule has 1 aromatic rings. The van der Waals surface area contributed by atoms with Crippen LogP contribution in [-0.2, 0) is 14.3 Å². The van der Waals surface area contributed by atoms with Crippen LogP contribution < -0.4 is 5.32 Å². The SMILES string of the molecule is CCOC(=O)C(=O)NC(C)c1ccc(C)o1. The molecule has 0 radical (unpaired) electrons. The summed E-state index contributed by atoms with van der Waals surface area (Å²) in [5, 5.41) is 2.49. The van der Waals surface area contributed by atoms with Crippen LogP contribution in [0.5, 0.6) is 0 Å². The number of aryl methyl sites for hydroxylation is 1. The summed E-state index contributed by atoms with van der Waals surface area (Å²) in [6, 6.07) is 3.19. The monoisotopic (exact) mass is 225 g/mol. The Kier molecular flexibility index (Phi) is 4.10. The van der Waals surface area contributed by atoms with Crippen LogP contribution in [0, 0.1) is 6.92 Å². The zero-order valence-corrected chi connectivity index (χ0v) is 9.57. The van der Waals surface area contributed by atoms with E-state index in [2.05, 4.69) is 10.1 Å². The second-order valence-corrected chi connectivity index (χ2v) is 3.36. The molecule has 1 N–H and O–H groups in total. The third-order valence-electron chi connectivity index (χ3n) is 2.00. The van der Waals surface area contributed by atoms with Gasteiger partial charge < -0.3 is 14.5 Å². The van der Waals surface area contributed by atoms with E-state index in [1.807, 2.05) is 6.92 Å². The number of ether oxygens (including phenoxy) is 1. The summed E-state index contributed by atoms with van der Waals surface area (Å²) in [6.45, 7) is 5.36. The highest BCUT2D eigenvalue weighted by Gasteiger charge is 2.19. The molecule has 88 valence electrons. The van der Waals surface area contributed by atoms with Gasteiger partial charge in [0.05, 0.1) is 12.6 Å². The van der Waals surface area contributed by atoms with Gasteiger partial charge in [-0.2, -0.15) is 0 Å². The van der Waals surface area contributed by atoms with E-state index in [0.717, 1.165) is 5.76 Å². The Morgan fingerprint density at radius 1 is 1.50 bits per heavy atom. The first-order chi connectivity index (χ1) is 7.54. The lowest BCUT2D eigenvalue weighted by Crippen LogP contribution is -2.34. The van der Waals surface area contributed by atoms with Gasteiger partial charge in [-0.05, 0) is 32.9 Å². The van der Waals surface area contributed by atoms with Crippen molar-refractivity contribution in [3.63, 3.8) is 0 Å². The third kappa shape index (κ3) is 3.12. The van der Waals surface area contributed by atoms with Gasteiger partial charge in [-0.25, -0.2) is 4.79 Å². The summed E-state index contributed by atoms with van der Waals surface area (Å²) in [5.74, 6) is -0.275. The maximum absolute atomic E-state index is 11.3. The molecule has 1 heterocycles. The van der Waals surface area contributed by atoms with Gasteiger partial charge in [0, 0.05) is 0 Å². The molecule has 16 heavy (non-hydrogen) atoms. The van der Waals surface area contributed by atoms with E-state index in [0.29, 0.717) is 5.76 Å². The number of amides is 1. The summed E-state index contributed by atoms with van der Waals surface area (Å²) in [6.07, 6.45) is 0. The van der Waals surface area contributed by atoms with Gasteiger partial charge >= 0.3 is 11.9 Å². The molecule has 1 atom stereocenters. The quantitative estimate of drug-likeness (QED) is 0.622. The molecular formula is C11H15NO4. The molecule has 0 aromatic carbocycles. The van der Waals surface area contributed by atoms with Crippen molar-refractivity contribution in [3.05, 3.63) is 23.7 Å². The van der Waals surface area contributed by atoms with Crippen LogP contribution in [0.15, 0.2) is 16.5 Å². The van der Waals surface area contributed by atoms with Crippen molar-refractivity contribution >= 4 is 11.9 Å². The lowest BCUT2D eigenvalue weighted by molar-refractivity contribution is -0.154. The van der Waals surface area contributed by atoms with Gasteiger partial charge in [0.1, 0.15) is 11.5 Å². The number of rotatable bonds is 3. The number of furan rings is 1. The largest absolute Gasteiger partial charge is 0.464 e. The molecule has 1 aromatic heterocycles. The highest BCUT2D eigenvalue weighted by atomic mass is 16.5. The van der Waals surface area contributed by atoms with E-state index in [9.17, 15) is 9.59 Å². The third-order valence-corrected chi connectivity index (χ3v) is 2.00. The minimum absolute atomic E-state index is 0.181. The summed E-state index contributed by atoms with van der Waals surface area (Å²) < 4.78 is 9.88. The van der Waals surface area contributed by atoms with Gasteiger partial charge in [-0.1, -0.05) is 0 Å². The molecule has 0 saturated carbocycles. The first-order valence-electron chi connectivity index (χ1n) is 5.08. The molecule has 1 amide bonds. The van der Waals surface area contributed by atoms with Crippen LogP contribution >= 0.6 is 0 Å². The average Bonchev–Trinajstić information content (AvgIpc) is 2.65. The number of esters is 1. The van der Waals surface area contributed by atoms with Crippen LogP contribution in [0.4, 0.5) is 0 Å². The van der Waals surface area contributed by atoms with E-state index in [-0.39, 0.29) is 12.6 Å². The fraction of sp³-hybridized carbons (Fsp3) is 0.455. The van der Waals surface area contributed by atoms with Crippen molar-refractivity contribution < 1.29 is 18.7 Å². The van der Waals surface area contributed by atoms with E-state index in [1.54, 1.807) is 26.0 Å². The smallest absolute Gasteiger partial charge is 0.396 e. The molecule has 0 aliphatic carbocycles. The molecule has 1 rings (SSSR count). The summed E-state index contributed by atoms with van der Waals surface area (Å²) in [5.41, 5.74) is 0. The predicted octanol–water partition coefficient (Wildman–Crippen LogP) is 1.33. The Labute approximate surface area is 93.8 Å². The number of hydrogen-bond donors (Lipinski definition) is 1. The molecule has 0 aliphatic rings. The highest BCUT2D eigenvalue weighted by Crippen LogP contribution is 2.15. The molecule has 0 saturated heterocycles. The first kappa shape index (κ1) is 12.3. The maximum atomic E-state index is 11.3. The Balaban J connectivity index is 2.54. The summed E-state index contributed by atoms with van der Waals surface area (Å²) in [4.78, 5) is 22.3. The van der Waals surface area contributed by atoms with Gasteiger partial charge in [0.25, 0.3) is 0 Å². The van der Waals surface area contributed by atoms with Crippen molar-refractivity contribution in [2.24, 2.45) is 0 Å². The molecule has 0 bridgehead atoms. The van der Waals surface area contributed by atoms with Crippen LogP contribution in [0.25, 0.3) is 0 Å². The minimum Gasteiger partial charge on any atom is -0.464 e. The van der Waals surface area contributed by atoms with Gasteiger partial charge in [0.2, 0.25) is 0 Å². The van der Waals surface area contributed by atoms with E-state index in [4.69, 9.17) is 4.42 Å². The van der Waals surface area contributed by atoms with Crippen molar-refractivity contribution in [2.45, 2.75) is 26.8 Å². The molecule has 0 spiro atoms. The number of carbonyl (C=O) groups is 2. The molecule has 5 nitrogen and oxygen atoms in total. The number of nitrogens with one attached hydrogen (secondary N) is 1. The summed E-state index contributed by atoms with van der Waals surface area (Å²) >= 11 is 0. The van der Waals surface area contributed by atoms with Crippen LogP contribution in [0.3, 0.4) is 0 Å². The van der Waals surface area contributed by atoms with Crippen molar-refractivity contribution in [2.75, 3.05) is 6.61 Å². The van der Waals surface area contributed by atoms with Crippen molar-refractivity contribution in [3.8, 4) is 0 Å². The second-order valence-electron chi connectivity index (χ2n) is 3.36. The predicted molar refractivity (Wildman–Crippen MR) is 56.6 cm³/mol. The van der Waals surface area contributed by atoms with Gasteiger partial charge in [-0.15, -0.1) is 0 Å². The first-order valence-corrected chi connectivity index (χ1v) is 5.08. The topological polar surface area (TPSA) is 68.5 Å². The molecular weight excluding hydrogens is 210 g/mol. The summed E-state index contributed by atoms with van der Waals surface area (Å²) in [7, 11) is 0. The Bertz CT molecular complexity index is 383. The van der Waals surface area contributed by atoms with E-state index in [1.165, 1.54) is 0 Å². The maximum Gasteiger partial charge on any atom is 0.396 e.